The third kappa shape index (κ3) is 14.4. The predicted molar refractivity (Wildman–Crippen MR) is 237 cm³/mol. The molecule has 0 bridgehead atoms. The Morgan fingerprint density at radius 2 is 1.26 bits per heavy atom. The van der Waals surface area contributed by atoms with Gasteiger partial charge in [0.15, 0.2) is 0 Å². The Bertz CT molecular complexity index is 2540. The van der Waals surface area contributed by atoms with Crippen LogP contribution >= 0.6 is 35.6 Å². The Hall–Kier alpha value is -2.19. The summed E-state index contributed by atoms with van der Waals surface area (Å²) in [6.45, 7) is -0.181. The molecule has 316 valence electrons. The number of nitrogens with zero attached hydrogens (tertiary/aromatic N) is 5. The van der Waals surface area contributed by atoms with Gasteiger partial charge in [-0.1, -0.05) is 77.8 Å². The molecule has 15 nitrogen and oxygen atoms in total. The average Bonchev–Trinajstić information content (AvgIpc) is 4.07. The van der Waals surface area contributed by atoms with Gasteiger partial charge >= 0.3 is 114 Å². The quantitative estimate of drug-likeness (QED) is 0.0618. The summed E-state index contributed by atoms with van der Waals surface area (Å²) in [5.41, 5.74) is 18.7. The van der Waals surface area contributed by atoms with Gasteiger partial charge in [-0.2, -0.15) is 8.42 Å². The number of aromatic nitrogens is 6. The monoisotopic (exact) mass is 970 g/mol. The number of anilines is 2. The molecule has 0 amide bonds. The summed E-state index contributed by atoms with van der Waals surface area (Å²) in [5, 5.41) is 18.5. The topological polar surface area (TPSA) is 232 Å². The largest absolute Gasteiger partial charge is 1.00 e. The molecule has 7 N–H and O–H groups in total. The molecule has 0 aliphatic heterocycles. The summed E-state index contributed by atoms with van der Waals surface area (Å²) in [4.78, 5) is 32.6. The maximum atomic E-state index is 8.64. The average molecular weight is 972 g/mol. The van der Waals surface area contributed by atoms with Crippen LogP contribution in [-0.4, -0.2) is 68.5 Å². The molecule has 9 rings (SSSR count). The van der Waals surface area contributed by atoms with Crippen molar-refractivity contribution in [2.45, 2.75) is 62.7 Å². The second-order valence-electron chi connectivity index (χ2n) is 13.9. The van der Waals surface area contributed by atoms with Crippen molar-refractivity contribution in [1.82, 2.24) is 29.5 Å². The van der Waals surface area contributed by atoms with Crippen LogP contribution in [0.5, 0.6) is 0 Å². The zero-order valence-corrected chi connectivity index (χ0v) is 43.3. The van der Waals surface area contributed by atoms with Crippen molar-refractivity contribution in [2.24, 2.45) is 11.5 Å². The molecular weight excluding hydrogens is 929 g/mol. The number of nitrogens with one attached hydrogen (secondary N) is 3. The maximum Gasteiger partial charge on any atom is 1.00 e. The summed E-state index contributed by atoms with van der Waals surface area (Å²) in [6.07, 6.45) is 13.4. The van der Waals surface area contributed by atoms with Gasteiger partial charge < -0.3 is 43.2 Å². The predicted octanol–water partition coefficient (Wildman–Crippen LogP) is 0.909. The Balaban J connectivity index is 0.000000364. The Morgan fingerprint density at radius 3 is 1.77 bits per heavy atom. The molecule has 3 aromatic carbocycles. The number of para-hydroxylation sites is 3. The van der Waals surface area contributed by atoms with E-state index >= 15 is 0 Å². The van der Waals surface area contributed by atoms with Gasteiger partial charge in [0.1, 0.15) is 0 Å². The van der Waals surface area contributed by atoms with Crippen LogP contribution in [0.1, 0.15) is 40.0 Å². The van der Waals surface area contributed by atoms with Crippen LogP contribution in [0.2, 0.25) is 10.0 Å². The van der Waals surface area contributed by atoms with Crippen molar-refractivity contribution in [3.05, 3.63) is 114 Å². The van der Waals surface area contributed by atoms with Crippen molar-refractivity contribution in [3.63, 3.8) is 0 Å². The minimum atomic E-state index is -0.750. The van der Waals surface area contributed by atoms with Crippen LogP contribution < -0.4 is 130 Å². The summed E-state index contributed by atoms with van der Waals surface area (Å²) in [5.74, 6) is 1.20. The first-order valence-corrected chi connectivity index (χ1v) is 20.1. The number of hydrogen-bond donors (Lipinski definition) is 5. The van der Waals surface area contributed by atoms with E-state index in [1.54, 1.807) is 12.4 Å². The van der Waals surface area contributed by atoms with Crippen molar-refractivity contribution in [3.8, 4) is 28.2 Å². The van der Waals surface area contributed by atoms with Gasteiger partial charge in [0.05, 0.1) is 39.3 Å². The summed E-state index contributed by atoms with van der Waals surface area (Å²) >= 11 is 12.1. The fourth-order valence-electron chi connectivity index (χ4n) is 7.35. The van der Waals surface area contributed by atoms with Crippen LogP contribution in [0.15, 0.2) is 104 Å². The van der Waals surface area contributed by atoms with Gasteiger partial charge in [-0.15, -0.1) is 12.4 Å². The number of benzene rings is 3. The number of aromatic amines is 1. The van der Waals surface area contributed by atoms with Gasteiger partial charge in [0.25, 0.3) is 6.47 Å². The summed E-state index contributed by atoms with van der Waals surface area (Å²) in [6, 6.07) is 27.8. The van der Waals surface area contributed by atoms with Crippen molar-refractivity contribution in [2.75, 3.05) is 10.6 Å². The fourth-order valence-corrected chi connectivity index (χ4v) is 7.73. The second-order valence-corrected chi connectivity index (χ2v) is 14.8. The van der Waals surface area contributed by atoms with Crippen molar-refractivity contribution < 1.29 is 128 Å². The minimum absolute atomic E-state index is 0. The maximum absolute atomic E-state index is 8.64. The van der Waals surface area contributed by atoms with Gasteiger partial charge in [0, 0.05) is 69.7 Å². The zero-order valence-electron chi connectivity index (χ0n) is 34.9. The first kappa shape index (κ1) is 54.1. The minimum Gasteiger partial charge on any atom is -1.00 e. The number of halogens is 3. The van der Waals surface area contributed by atoms with E-state index < -0.39 is 11.6 Å². The molecule has 2 aliphatic carbocycles. The van der Waals surface area contributed by atoms with Crippen LogP contribution in [0.4, 0.5) is 11.9 Å². The molecule has 2 unspecified atom stereocenters. The number of fused-ring (bicyclic) bond motifs is 2. The summed E-state index contributed by atoms with van der Waals surface area (Å²) in [7, 11) is 0. The van der Waals surface area contributed by atoms with E-state index in [4.69, 9.17) is 58.1 Å². The molecule has 62 heavy (non-hydrogen) atoms. The molecule has 2 fully saturated rings. The molecular formula is C41H43Cl3K2N10O5S. The molecule has 4 heterocycles. The number of carbonyl (C=O) groups excluding carboxylic acids is 1. The van der Waals surface area contributed by atoms with Crippen LogP contribution in [0.25, 0.3) is 50.0 Å². The van der Waals surface area contributed by atoms with E-state index in [1.807, 2.05) is 54.7 Å². The molecule has 0 saturated heterocycles. The van der Waals surface area contributed by atoms with E-state index in [1.165, 1.54) is 0 Å². The van der Waals surface area contributed by atoms with Crippen LogP contribution in [-0.2, 0) is 21.3 Å². The Labute approximate surface area is 464 Å². The first-order valence-electron chi connectivity index (χ1n) is 18.7. The normalized spacial score (nSPS) is 17.2. The Morgan fingerprint density at radius 1 is 0.774 bits per heavy atom. The van der Waals surface area contributed by atoms with Crippen LogP contribution in [0, 0.1) is 0 Å². The SMILES string of the molecule is Cl.N[C@@H]1CCC(Nc2ncc(Cl)c(-c3c[nH]c4ccccc34)n2)C1.N[C@@H]1CCC(Nc2ncc(Cl)c(-c3cn(-c4ccccc4)c4ccccc34)n2)C1.O=CO[O-].O=S=O.[H-].[K+].[K+]. The molecule has 21 heteroatoms. The van der Waals surface area contributed by atoms with E-state index in [0.29, 0.717) is 34.0 Å². The molecule has 4 atom stereocenters. The van der Waals surface area contributed by atoms with E-state index in [-0.39, 0.29) is 135 Å². The second kappa shape index (κ2) is 27.3. The zero-order chi connectivity index (χ0) is 41.7. The van der Waals surface area contributed by atoms with Gasteiger partial charge in [-0.3, -0.25) is 4.79 Å². The third-order valence-corrected chi connectivity index (χ3v) is 10.5. The van der Waals surface area contributed by atoms with Gasteiger partial charge in [-0.25, -0.2) is 19.9 Å². The number of carbonyl (C=O) groups is 1. The standard InChI is InChI=1S/C23H22ClN5.C17H18ClN5.CH2O3.ClH.2K.O2S.H/c24-20-13-26-23(27-16-11-10-15(25)12-16)28-22(20)19-14-29(17-6-2-1-3-7-17)21-9-5-4-8-18(19)21;18-14-9-21-17(22-11-6-5-10(19)7-11)23-16(14)13-8-20-15-4-2-1-3-12(13)15;2-1-4-3;;;;1-3-2;/h1-9,13-16H,10-12,25H2,(H,26,27,28);1-4,8-11,20H,5-7,19H2,(H,21,22,23);1,3H;1H;;;;/q;;;;2*+1;;-1/p-1/t15-,16?;10-,11?;;;;;;/m11....../s1. The van der Waals surface area contributed by atoms with E-state index in [0.717, 1.165) is 88.5 Å². The van der Waals surface area contributed by atoms with Gasteiger partial charge in [-0.05, 0) is 62.8 Å². The molecule has 7 aromatic rings. The number of rotatable bonds is 8. The van der Waals surface area contributed by atoms with E-state index in [2.05, 4.69) is 76.6 Å². The third-order valence-electron chi connectivity index (χ3n) is 9.99. The van der Waals surface area contributed by atoms with Crippen LogP contribution in [0.3, 0.4) is 0 Å². The van der Waals surface area contributed by atoms with E-state index in [9.17, 15) is 0 Å². The number of H-pyrrole nitrogens is 1. The number of hydrogen-bond acceptors (Lipinski definition) is 13. The van der Waals surface area contributed by atoms with Crippen molar-refractivity contribution >= 4 is 87.4 Å². The number of nitrogens with two attached hydrogens (primary N) is 2. The smallest absolute Gasteiger partial charge is 1.00 e. The fraction of sp³-hybridized carbons (Fsp3) is 0.244. The summed E-state index contributed by atoms with van der Waals surface area (Å²) < 4.78 is 18.8. The molecule has 2 aliphatic rings. The molecule has 0 spiro atoms. The van der Waals surface area contributed by atoms with Crippen molar-refractivity contribution in [1.29, 1.82) is 0 Å². The molecule has 4 aromatic heterocycles. The first-order chi connectivity index (χ1) is 28.7. The van der Waals surface area contributed by atoms with Gasteiger partial charge in [0.2, 0.25) is 11.9 Å². The molecule has 2 saturated carbocycles. The molecule has 0 radical (unpaired) electrons. The Kier molecular flexibility index (Phi) is 23.9.